The minimum atomic E-state index is -0.728. The summed E-state index contributed by atoms with van der Waals surface area (Å²) in [5, 5.41) is 10.3. The molecule has 4 nitrogen and oxygen atoms in total. The molecule has 3 atom stereocenters. The van der Waals surface area contributed by atoms with E-state index in [1.165, 1.54) is 30.6 Å². The average molecular weight is 294 g/mol. The van der Waals surface area contributed by atoms with Crippen LogP contribution in [0.15, 0.2) is 0 Å². The molecule has 20 heavy (non-hydrogen) atoms. The first-order chi connectivity index (χ1) is 9.58. The highest BCUT2D eigenvalue weighted by Crippen LogP contribution is 2.41. The van der Waals surface area contributed by atoms with Crippen LogP contribution in [0, 0.1) is 5.92 Å². The lowest BCUT2D eigenvalue weighted by Gasteiger charge is -2.36. The van der Waals surface area contributed by atoms with Crippen molar-refractivity contribution in [2.45, 2.75) is 57.4 Å². The first-order valence-corrected chi connectivity index (χ1v) is 8.35. The van der Waals surface area contributed by atoms with Gasteiger partial charge in [0.25, 0.3) is 0 Å². The zero-order valence-electron chi connectivity index (χ0n) is 12.1. The maximum Gasteiger partial charge on any atom is 0.312 e. The van der Waals surface area contributed by atoms with Gasteiger partial charge >= 0.3 is 5.97 Å². The number of anilines is 1. The highest BCUT2D eigenvalue weighted by molar-refractivity contribution is 7.15. The van der Waals surface area contributed by atoms with E-state index >= 15 is 0 Å². The Balaban J connectivity index is 1.81. The van der Waals surface area contributed by atoms with E-state index in [-0.39, 0.29) is 5.92 Å². The Morgan fingerprint density at radius 3 is 2.80 bits per heavy atom. The quantitative estimate of drug-likeness (QED) is 0.929. The van der Waals surface area contributed by atoms with Crippen molar-refractivity contribution in [1.82, 2.24) is 4.98 Å². The Kier molecular flexibility index (Phi) is 3.71. The molecular formula is C15H22N2O2S. The minimum Gasteiger partial charge on any atom is -0.481 e. The molecule has 1 heterocycles. The van der Waals surface area contributed by atoms with Crippen LogP contribution in [0.1, 0.15) is 55.5 Å². The van der Waals surface area contributed by atoms with Crippen molar-refractivity contribution in [3.63, 3.8) is 0 Å². The zero-order chi connectivity index (χ0) is 14.3. The Labute approximate surface area is 123 Å². The fourth-order valence-corrected chi connectivity index (χ4v) is 4.78. The second-order valence-corrected chi connectivity index (χ2v) is 7.24. The lowest BCUT2D eigenvalue weighted by Crippen LogP contribution is -2.39. The molecular weight excluding hydrogens is 272 g/mol. The largest absolute Gasteiger partial charge is 0.481 e. The fraction of sp³-hybridized carbons (Fsp3) is 0.733. The Morgan fingerprint density at radius 2 is 2.10 bits per heavy atom. The van der Waals surface area contributed by atoms with Crippen LogP contribution in [0.25, 0.3) is 0 Å². The van der Waals surface area contributed by atoms with Crippen molar-refractivity contribution in [3.8, 4) is 0 Å². The highest BCUT2D eigenvalue weighted by Gasteiger charge is 2.34. The molecule has 0 saturated heterocycles. The third-order valence-electron chi connectivity index (χ3n) is 4.87. The Bertz CT molecular complexity index is 514. The number of thiazole rings is 1. The summed E-state index contributed by atoms with van der Waals surface area (Å²) in [7, 11) is 2.12. The van der Waals surface area contributed by atoms with Crippen molar-refractivity contribution in [3.05, 3.63) is 10.6 Å². The molecule has 5 heteroatoms. The van der Waals surface area contributed by atoms with Crippen LogP contribution >= 0.6 is 11.3 Å². The lowest BCUT2D eigenvalue weighted by molar-refractivity contribution is -0.138. The number of rotatable bonds is 3. The molecule has 1 aromatic heterocycles. The van der Waals surface area contributed by atoms with Crippen LogP contribution in [0.4, 0.5) is 5.13 Å². The topological polar surface area (TPSA) is 53.4 Å². The molecule has 0 aromatic carbocycles. The molecule has 1 saturated carbocycles. The summed E-state index contributed by atoms with van der Waals surface area (Å²) in [4.78, 5) is 19.4. The van der Waals surface area contributed by atoms with Gasteiger partial charge in [-0.1, -0.05) is 19.8 Å². The Morgan fingerprint density at radius 1 is 1.35 bits per heavy atom. The number of aromatic nitrogens is 1. The number of carbonyl (C=O) groups is 1. The second-order valence-electron chi connectivity index (χ2n) is 6.17. The number of hydrogen-bond acceptors (Lipinski definition) is 4. The lowest BCUT2D eigenvalue weighted by atomic mass is 9.85. The number of aliphatic carboxylic acids is 1. The van der Waals surface area contributed by atoms with Gasteiger partial charge < -0.3 is 10.0 Å². The van der Waals surface area contributed by atoms with E-state index in [0.717, 1.165) is 17.2 Å². The SMILES string of the molecule is CC1CCCCC1N(C)c1nc2c(s1)CCC2C(=O)O. The summed E-state index contributed by atoms with van der Waals surface area (Å²) in [5.41, 5.74) is 0.827. The first kappa shape index (κ1) is 13.9. The predicted molar refractivity (Wildman–Crippen MR) is 80.6 cm³/mol. The van der Waals surface area contributed by atoms with Crippen LogP contribution in [-0.2, 0) is 11.2 Å². The van der Waals surface area contributed by atoms with Gasteiger partial charge in [0.05, 0.1) is 5.69 Å². The molecule has 110 valence electrons. The van der Waals surface area contributed by atoms with E-state index in [4.69, 9.17) is 0 Å². The molecule has 3 unspecified atom stereocenters. The maximum absolute atomic E-state index is 11.2. The third kappa shape index (κ3) is 2.32. The monoisotopic (exact) mass is 294 g/mol. The van der Waals surface area contributed by atoms with E-state index in [2.05, 4.69) is 23.9 Å². The van der Waals surface area contributed by atoms with Crippen LogP contribution in [-0.4, -0.2) is 29.1 Å². The van der Waals surface area contributed by atoms with Crippen molar-refractivity contribution < 1.29 is 9.90 Å². The van der Waals surface area contributed by atoms with Crippen molar-refractivity contribution in [2.24, 2.45) is 5.92 Å². The predicted octanol–water partition coefficient (Wildman–Crippen LogP) is 3.27. The van der Waals surface area contributed by atoms with Crippen molar-refractivity contribution in [1.29, 1.82) is 0 Å². The van der Waals surface area contributed by atoms with E-state index in [1.54, 1.807) is 11.3 Å². The van der Waals surface area contributed by atoms with Crippen LogP contribution < -0.4 is 4.90 Å². The first-order valence-electron chi connectivity index (χ1n) is 7.53. The molecule has 0 bridgehead atoms. The number of aryl methyl sites for hydroxylation is 1. The van der Waals surface area contributed by atoms with Gasteiger partial charge in [-0.2, -0.15) is 0 Å². The van der Waals surface area contributed by atoms with Gasteiger partial charge in [0.2, 0.25) is 0 Å². The van der Waals surface area contributed by atoms with Gasteiger partial charge in [-0.05, 0) is 31.6 Å². The molecule has 1 N–H and O–H groups in total. The van der Waals surface area contributed by atoms with Gasteiger partial charge in [-0.3, -0.25) is 4.79 Å². The van der Waals surface area contributed by atoms with E-state index in [0.29, 0.717) is 18.4 Å². The number of fused-ring (bicyclic) bond motifs is 1. The number of carboxylic acids is 1. The second kappa shape index (κ2) is 5.35. The number of carboxylic acid groups (broad SMARTS) is 1. The van der Waals surface area contributed by atoms with E-state index in [9.17, 15) is 9.90 Å². The number of hydrogen-bond donors (Lipinski definition) is 1. The maximum atomic E-state index is 11.2. The molecule has 2 aliphatic carbocycles. The average Bonchev–Trinajstić information content (AvgIpc) is 2.97. The molecule has 0 spiro atoms. The smallest absolute Gasteiger partial charge is 0.312 e. The van der Waals surface area contributed by atoms with E-state index in [1.807, 2.05) is 0 Å². The van der Waals surface area contributed by atoms with Gasteiger partial charge in [0, 0.05) is 18.0 Å². The summed E-state index contributed by atoms with van der Waals surface area (Å²) in [6.45, 7) is 2.32. The normalized spacial score (nSPS) is 29.2. The molecule has 0 radical (unpaired) electrons. The van der Waals surface area contributed by atoms with Gasteiger partial charge in [0.1, 0.15) is 5.92 Å². The summed E-state index contributed by atoms with van der Waals surface area (Å²) in [6, 6.07) is 0.554. The van der Waals surface area contributed by atoms with Crippen LogP contribution in [0.5, 0.6) is 0 Å². The molecule has 0 amide bonds. The van der Waals surface area contributed by atoms with Crippen molar-refractivity contribution >= 4 is 22.4 Å². The van der Waals surface area contributed by atoms with Crippen LogP contribution in [0.2, 0.25) is 0 Å². The van der Waals surface area contributed by atoms with Crippen molar-refractivity contribution in [2.75, 3.05) is 11.9 Å². The summed E-state index contributed by atoms with van der Waals surface area (Å²) >= 11 is 1.70. The summed E-state index contributed by atoms with van der Waals surface area (Å²) < 4.78 is 0. The molecule has 1 fully saturated rings. The number of nitrogens with zero attached hydrogens (tertiary/aromatic N) is 2. The third-order valence-corrected chi connectivity index (χ3v) is 6.09. The van der Waals surface area contributed by atoms with E-state index < -0.39 is 5.97 Å². The minimum absolute atomic E-state index is 0.382. The molecule has 2 aliphatic rings. The van der Waals surface area contributed by atoms with Gasteiger partial charge in [-0.25, -0.2) is 4.98 Å². The Hall–Kier alpha value is -1.10. The molecule has 0 aliphatic heterocycles. The molecule has 1 aromatic rings. The molecule has 3 rings (SSSR count). The fourth-order valence-electron chi connectivity index (χ4n) is 3.62. The van der Waals surface area contributed by atoms with Gasteiger partial charge in [-0.15, -0.1) is 11.3 Å². The standard InChI is InChI=1S/C15H22N2O2S/c1-9-5-3-4-6-11(9)17(2)15-16-13-10(14(18)19)7-8-12(13)20-15/h9-11H,3-8H2,1-2H3,(H,18,19). The summed E-state index contributed by atoms with van der Waals surface area (Å²) in [5.74, 6) is -0.413. The highest BCUT2D eigenvalue weighted by atomic mass is 32.1. The zero-order valence-corrected chi connectivity index (χ0v) is 12.9. The van der Waals surface area contributed by atoms with Crippen LogP contribution in [0.3, 0.4) is 0 Å². The van der Waals surface area contributed by atoms with Gasteiger partial charge in [0.15, 0.2) is 5.13 Å². The summed E-state index contributed by atoms with van der Waals surface area (Å²) in [6.07, 6.45) is 6.73.